The minimum absolute atomic E-state index is 0.171. The second-order valence-corrected chi connectivity index (χ2v) is 4.91. The van der Waals surface area contributed by atoms with E-state index < -0.39 is 0 Å². The van der Waals surface area contributed by atoms with Crippen molar-refractivity contribution in [1.82, 2.24) is 9.88 Å². The Morgan fingerprint density at radius 2 is 2.11 bits per heavy atom. The molecule has 2 rings (SSSR count). The van der Waals surface area contributed by atoms with Crippen molar-refractivity contribution in [2.24, 2.45) is 0 Å². The molecular formula is C16H21FN2. The zero-order valence-electron chi connectivity index (χ0n) is 11.8. The number of benzene rings is 1. The molecule has 1 N–H and O–H groups in total. The van der Waals surface area contributed by atoms with Crippen molar-refractivity contribution in [2.45, 2.75) is 33.4 Å². The van der Waals surface area contributed by atoms with Crippen LogP contribution in [0.5, 0.6) is 0 Å². The maximum absolute atomic E-state index is 13.1. The van der Waals surface area contributed by atoms with Crippen LogP contribution < -0.4 is 5.32 Å². The highest BCUT2D eigenvalue weighted by Gasteiger charge is 2.10. The highest BCUT2D eigenvalue weighted by atomic mass is 19.1. The van der Waals surface area contributed by atoms with E-state index in [2.05, 4.69) is 42.1 Å². The molecule has 0 aliphatic rings. The van der Waals surface area contributed by atoms with Gasteiger partial charge in [0.1, 0.15) is 5.82 Å². The normalized spacial score (nSPS) is 12.6. The summed E-state index contributed by atoms with van der Waals surface area (Å²) in [4.78, 5) is 0. The number of aromatic nitrogens is 1. The maximum atomic E-state index is 13.1. The second kappa shape index (κ2) is 6.02. The molecule has 102 valence electrons. The van der Waals surface area contributed by atoms with Gasteiger partial charge in [-0.05, 0) is 55.8 Å². The first-order chi connectivity index (χ1) is 9.11. The lowest BCUT2D eigenvalue weighted by atomic mass is 10.1. The molecule has 0 spiro atoms. The Bertz CT molecular complexity index is 545. The minimum atomic E-state index is -0.171. The molecule has 1 atom stereocenters. The van der Waals surface area contributed by atoms with Gasteiger partial charge < -0.3 is 9.88 Å². The Kier molecular flexibility index (Phi) is 4.38. The van der Waals surface area contributed by atoms with Crippen LogP contribution in [-0.2, 0) is 6.54 Å². The molecular weight excluding hydrogens is 239 g/mol. The Morgan fingerprint density at radius 1 is 1.32 bits per heavy atom. The number of hydrogen-bond acceptors (Lipinski definition) is 1. The molecule has 19 heavy (non-hydrogen) atoms. The Hall–Kier alpha value is -1.61. The van der Waals surface area contributed by atoms with Crippen LogP contribution >= 0.6 is 0 Å². The van der Waals surface area contributed by atoms with E-state index in [9.17, 15) is 4.39 Å². The molecule has 0 radical (unpaired) electrons. The zero-order valence-corrected chi connectivity index (χ0v) is 11.8. The van der Waals surface area contributed by atoms with Crippen LogP contribution in [0.25, 0.3) is 0 Å². The number of halogens is 1. The summed E-state index contributed by atoms with van der Waals surface area (Å²) in [5, 5.41) is 3.42. The van der Waals surface area contributed by atoms with Crippen LogP contribution in [0.3, 0.4) is 0 Å². The fraction of sp³-hybridized carbons (Fsp3) is 0.375. The lowest BCUT2D eigenvalue weighted by Crippen LogP contribution is -2.21. The number of hydrogen-bond donors (Lipinski definition) is 1. The van der Waals surface area contributed by atoms with Crippen LogP contribution in [0.2, 0.25) is 0 Å². The summed E-state index contributed by atoms with van der Waals surface area (Å²) in [5.41, 5.74) is 3.41. The van der Waals surface area contributed by atoms with E-state index in [1.54, 1.807) is 6.07 Å². The van der Waals surface area contributed by atoms with Crippen LogP contribution in [0.1, 0.15) is 36.7 Å². The predicted molar refractivity (Wildman–Crippen MR) is 76.8 cm³/mol. The molecule has 0 bridgehead atoms. The third kappa shape index (κ3) is 3.24. The van der Waals surface area contributed by atoms with Crippen LogP contribution in [0.4, 0.5) is 4.39 Å². The fourth-order valence-corrected chi connectivity index (χ4v) is 2.40. The number of aryl methyl sites for hydroxylation is 1. The second-order valence-electron chi connectivity index (χ2n) is 4.91. The molecule has 1 aromatic carbocycles. The molecule has 2 nitrogen and oxygen atoms in total. The molecule has 3 heteroatoms. The first-order valence-electron chi connectivity index (χ1n) is 6.75. The van der Waals surface area contributed by atoms with E-state index in [1.807, 2.05) is 13.0 Å². The topological polar surface area (TPSA) is 17.0 Å². The SMILES string of the molecule is CCNC(C)c1cccn1Cc1ccc(F)cc1C. The van der Waals surface area contributed by atoms with Gasteiger partial charge in [-0.1, -0.05) is 13.0 Å². The average Bonchev–Trinajstić information content (AvgIpc) is 2.81. The van der Waals surface area contributed by atoms with E-state index in [1.165, 1.54) is 11.8 Å². The summed E-state index contributed by atoms with van der Waals surface area (Å²) in [6.45, 7) is 7.95. The molecule has 0 aliphatic carbocycles. The lowest BCUT2D eigenvalue weighted by Gasteiger charge is -2.17. The maximum Gasteiger partial charge on any atom is 0.123 e. The van der Waals surface area contributed by atoms with E-state index in [4.69, 9.17) is 0 Å². The summed E-state index contributed by atoms with van der Waals surface area (Å²) in [7, 11) is 0. The molecule has 0 saturated heterocycles. The smallest absolute Gasteiger partial charge is 0.123 e. The lowest BCUT2D eigenvalue weighted by molar-refractivity contribution is 0.552. The van der Waals surface area contributed by atoms with Crippen molar-refractivity contribution < 1.29 is 4.39 Å². The first-order valence-corrected chi connectivity index (χ1v) is 6.75. The summed E-state index contributed by atoms with van der Waals surface area (Å²) in [6, 6.07) is 9.49. The first kappa shape index (κ1) is 13.8. The van der Waals surface area contributed by atoms with Gasteiger partial charge in [-0.25, -0.2) is 4.39 Å². The number of nitrogens with zero attached hydrogens (tertiary/aromatic N) is 1. The van der Waals surface area contributed by atoms with Gasteiger partial charge in [0, 0.05) is 24.5 Å². The summed E-state index contributed by atoms with van der Waals surface area (Å²) in [6.07, 6.45) is 2.08. The summed E-state index contributed by atoms with van der Waals surface area (Å²) in [5.74, 6) is -0.171. The number of rotatable bonds is 5. The molecule has 0 saturated carbocycles. The highest BCUT2D eigenvalue weighted by Crippen LogP contribution is 2.17. The van der Waals surface area contributed by atoms with Crippen LogP contribution in [0.15, 0.2) is 36.5 Å². The van der Waals surface area contributed by atoms with Gasteiger partial charge in [-0.15, -0.1) is 0 Å². The number of nitrogens with one attached hydrogen (secondary N) is 1. The van der Waals surface area contributed by atoms with Gasteiger partial charge in [0.05, 0.1) is 0 Å². The monoisotopic (exact) mass is 260 g/mol. The third-order valence-corrected chi connectivity index (χ3v) is 3.46. The molecule has 0 amide bonds. The van der Waals surface area contributed by atoms with Gasteiger partial charge in [-0.3, -0.25) is 0 Å². The molecule has 1 aromatic heterocycles. The van der Waals surface area contributed by atoms with Crippen molar-refractivity contribution in [3.8, 4) is 0 Å². The fourth-order valence-electron chi connectivity index (χ4n) is 2.40. The minimum Gasteiger partial charge on any atom is -0.346 e. The Labute approximate surface area is 114 Å². The summed E-state index contributed by atoms with van der Waals surface area (Å²) >= 11 is 0. The Morgan fingerprint density at radius 3 is 2.79 bits per heavy atom. The largest absolute Gasteiger partial charge is 0.346 e. The van der Waals surface area contributed by atoms with Gasteiger partial charge in [-0.2, -0.15) is 0 Å². The summed E-state index contributed by atoms with van der Waals surface area (Å²) < 4.78 is 15.3. The molecule has 0 aliphatic heterocycles. The molecule has 1 heterocycles. The van der Waals surface area contributed by atoms with Crippen molar-refractivity contribution in [2.75, 3.05) is 6.54 Å². The van der Waals surface area contributed by atoms with Crippen molar-refractivity contribution in [1.29, 1.82) is 0 Å². The zero-order chi connectivity index (χ0) is 13.8. The van der Waals surface area contributed by atoms with Gasteiger partial charge in [0.2, 0.25) is 0 Å². The molecule has 2 aromatic rings. The van der Waals surface area contributed by atoms with Crippen molar-refractivity contribution >= 4 is 0 Å². The van der Waals surface area contributed by atoms with Crippen LogP contribution in [0, 0.1) is 12.7 Å². The molecule has 1 unspecified atom stereocenters. The van der Waals surface area contributed by atoms with Gasteiger partial charge in [0.15, 0.2) is 0 Å². The Balaban J connectivity index is 2.21. The van der Waals surface area contributed by atoms with E-state index in [-0.39, 0.29) is 5.82 Å². The van der Waals surface area contributed by atoms with E-state index in [0.717, 1.165) is 24.2 Å². The quantitative estimate of drug-likeness (QED) is 0.868. The standard InChI is InChI=1S/C16H21FN2/c1-4-18-13(3)16-6-5-9-19(16)11-14-7-8-15(17)10-12(14)2/h5-10,13,18H,4,11H2,1-3H3. The van der Waals surface area contributed by atoms with Crippen LogP contribution in [-0.4, -0.2) is 11.1 Å². The van der Waals surface area contributed by atoms with Crippen molar-refractivity contribution in [3.05, 3.63) is 59.2 Å². The van der Waals surface area contributed by atoms with E-state index >= 15 is 0 Å². The average molecular weight is 260 g/mol. The predicted octanol–water partition coefficient (Wildman–Crippen LogP) is 3.65. The third-order valence-electron chi connectivity index (χ3n) is 3.46. The molecule has 0 fully saturated rings. The van der Waals surface area contributed by atoms with Crippen molar-refractivity contribution in [3.63, 3.8) is 0 Å². The van der Waals surface area contributed by atoms with Gasteiger partial charge in [0.25, 0.3) is 0 Å². The highest BCUT2D eigenvalue weighted by molar-refractivity contribution is 5.27. The van der Waals surface area contributed by atoms with Gasteiger partial charge >= 0.3 is 0 Å². The van der Waals surface area contributed by atoms with E-state index in [0.29, 0.717) is 6.04 Å².